The second kappa shape index (κ2) is 5.86. The van der Waals surface area contributed by atoms with E-state index in [9.17, 15) is 0 Å². The SMILES string of the molecule is CCc1nn(CC2CCC(C)(C)O2)c(CC)c1C(C)N. The quantitative estimate of drug-likeness (QED) is 0.901. The fraction of sp³-hybridized carbons (Fsp3) is 0.812. The predicted molar refractivity (Wildman–Crippen MR) is 81.8 cm³/mol. The van der Waals surface area contributed by atoms with Gasteiger partial charge in [0.25, 0.3) is 0 Å². The number of nitrogens with two attached hydrogens (primary N) is 1. The molecule has 2 rings (SSSR count). The van der Waals surface area contributed by atoms with Gasteiger partial charge in [-0.1, -0.05) is 13.8 Å². The van der Waals surface area contributed by atoms with E-state index in [-0.39, 0.29) is 17.7 Å². The van der Waals surface area contributed by atoms with Gasteiger partial charge in [0, 0.05) is 17.3 Å². The molecule has 0 aliphatic carbocycles. The van der Waals surface area contributed by atoms with Crippen LogP contribution in [0.5, 0.6) is 0 Å². The van der Waals surface area contributed by atoms with Gasteiger partial charge in [0.05, 0.1) is 23.9 Å². The number of hydrogen-bond acceptors (Lipinski definition) is 3. The highest BCUT2D eigenvalue weighted by Gasteiger charge is 2.32. The third-order valence-electron chi connectivity index (χ3n) is 4.23. The zero-order valence-corrected chi connectivity index (χ0v) is 13.6. The second-order valence-corrected chi connectivity index (χ2v) is 6.52. The Kier molecular flexibility index (Phi) is 4.55. The van der Waals surface area contributed by atoms with Gasteiger partial charge in [0.2, 0.25) is 0 Å². The van der Waals surface area contributed by atoms with Crippen molar-refractivity contribution < 1.29 is 4.74 Å². The standard InChI is InChI=1S/C16H29N3O/c1-6-13-15(11(3)17)14(7-2)19(18-13)10-12-8-9-16(4,5)20-12/h11-12H,6-10,17H2,1-5H3. The number of nitrogens with zero attached hydrogens (tertiary/aromatic N) is 2. The fourth-order valence-corrected chi connectivity index (χ4v) is 3.28. The Morgan fingerprint density at radius 3 is 2.55 bits per heavy atom. The smallest absolute Gasteiger partial charge is 0.0779 e. The Morgan fingerprint density at radius 2 is 2.10 bits per heavy atom. The summed E-state index contributed by atoms with van der Waals surface area (Å²) in [5, 5.41) is 4.79. The number of hydrogen-bond donors (Lipinski definition) is 1. The minimum Gasteiger partial charge on any atom is -0.370 e. The first-order chi connectivity index (χ1) is 9.38. The van der Waals surface area contributed by atoms with Crippen LogP contribution < -0.4 is 5.73 Å². The molecule has 1 fully saturated rings. The van der Waals surface area contributed by atoms with E-state index in [0.29, 0.717) is 0 Å². The van der Waals surface area contributed by atoms with Gasteiger partial charge in [-0.3, -0.25) is 4.68 Å². The Bertz CT molecular complexity index is 463. The van der Waals surface area contributed by atoms with Crippen molar-refractivity contribution in [3.05, 3.63) is 17.0 Å². The van der Waals surface area contributed by atoms with E-state index in [0.717, 1.165) is 37.9 Å². The third-order valence-corrected chi connectivity index (χ3v) is 4.23. The average Bonchev–Trinajstić information content (AvgIpc) is 2.89. The maximum atomic E-state index is 6.15. The molecule has 2 unspecified atom stereocenters. The zero-order valence-electron chi connectivity index (χ0n) is 13.6. The van der Waals surface area contributed by atoms with Crippen LogP contribution in [0.15, 0.2) is 0 Å². The van der Waals surface area contributed by atoms with Crippen LogP contribution in [-0.2, 0) is 24.1 Å². The minimum atomic E-state index is 0.0156. The Labute approximate surface area is 122 Å². The van der Waals surface area contributed by atoms with Crippen molar-refractivity contribution >= 4 is 0 Å². The molecule has 0 amide bonds. The summed E-state index contributed by atoms with van der Waals surface area (Å²) >= 11 is 0. The average molecular weight is 279 g/mol. The minimum absolute atomic E-state index is 0.0156. The highest BCUT2D eigenvalue weighted by molar-refractivity contribution is 5.29. The lowest BCUT2D eigenvalue weighted by Crippen LogP contribution is -2.24. The number of aryl methyl sites for hydroxylation is 1. The van der Waals surface area contributed by atoms with Crippen molar-refractivity contribution in [2.24, 2.45) is 5.73 Å². The van der Waals surface area contributed by atoms with Gasteiger partial charge in [-0.25, -0.2) is 0 Å². The molecule has 1 aromatic heterocycles. The molecule has 4 heteroatoms. The Hall–Kier alpha value is -0.870. The van der Waals surface area contributed by atoms with Crippen molar-refractivity contribution in [2.75, 3.05) is 0 Å². The van der Waals surface area contributed by atoms with Crippen LogP contribution in [0.1, 0.15) is 70.5 Å². The van der Waals surface area contributed by atoms with Crippen LogP contribution in [0.3, 0.4) is 0 Å². The molecule has 0 aromatic carbocycles. The first-order valence-corrected chi connectivity index (χ1v) is 7.89. The maximum Gasteiger partial charge on any atom is 0.0779 e. The molecule has 1 aliphatic rings. The molecular weight excluding hydrogens is 250 g/mol. The van der Waals surface area contributed by atoms with Gasteiger partial charge < -0.3 is 10.5 Å². The molecule has 1 aliphatic heterocycles. The Morgan fingerprint density at radius 1 is 1.40 bits per heavy atom. The van der Waals surface area contributed by atoms with Gasteiger partial charge in [-0.15, -0.1) is 0 Å². The van der Waals surface area contributed by atoms with Crippen molar-refractivity contribution in [1.29, 1.82) is 0 Å². The molecule has 1 saturated heterocycles. The molecule has 0 radical (unpaired) electrons. The summed E-state index contributed by atoms with van der Waals surface area (Å²) in [6.07, 6.45) is 4.43. The monoisotopic (exact) mass is 279 g/mol. The molecule has 4 nitrogen and oxygen atoms in total. The molecule has 114 valence electrons. The summed E-state index contributed by atoms with van der Waals surface area (Å²) in [6.45, 7) is 11.6. The predicted octanol–water partition coefficient (Wildman–Crippen LogP) is 2.99. The highest BCUT2D eigenvalue weighted by atomic mass is 16.5. The lowest BCUT2D eigenvalue weighted by atomic mass is 10.0. The molecule has 20 heavy (non-hydrogen) atoms. The molecule has 0 saturated carbocycles. The topological polar surface area (TPSA) is 53.1 Å². The van der Waals surface area contributed by atoms with Gasteiger partial charge in [0.1, 0.15) is 0 Å². The van der Waals surface area contributed by atoms with Gasteiger partial charge in [-0.2, -0.15) is 5.10 Å². The fourth-order valence-electron chi connectivity index (χ4n) is 3.28. The van der Waals surface area contributed by atoms with Crippen molar-refractivity contribution in [2.45, 2.75) is 84.6 Å². The van der Waals surface area contributed by atoms with Crippen LogP contribution in [0, 0.1) is 0 Å². The summed E-state index contributed by atoms with van der Waals surface area (Å²) in [5.41, 5.74) is 9.83. The molecular formula is C16H29N3O. The van der Waals surface area contributed by atoms with Crippen molar-refractivity contribution in [1.82, 2.24) is 9.78 Å². The van der Waals surface area contributed by atoms with Crippen LogP contribution >= 0.6 is 0 Å². The van der Waals surface area contributed by atoms with E-state index >= 15 is 0 Å². The van der Waals surface area contributed by atoms with Crippen LogP contribution in [-0.4, -0.2) is 21.5 Å². The zero-order chi connectivity index (χ0) is 14.9. The number of aromatic nitrogens is 2. The molecule has 0 spiro atoms. The van der Waals surface area contributed by atoms with E-state index in [4.69, 9.17) is 15.6 Å². The third kappa shape index (κ3) is 3.07. The Balaban J connectivity index is 2.24. The lowest BCUT2D eigenvalue weighted by molar-refractivity contribution is -0.0233. The molecule has 2 atom stereocenters. The van der Waals surface area contributed by atoms with Gasteiger partial charge in [-0.05, 0) is 46.5 Å². The van der Waals surface area contributed by atoms with E-state index in [2.05, 4.69) is 39.3 Å². The highest BCUT2D eigenvalue weighted by Crippen LogP contribution is 2.31. The van der Waals surface area contributed by atoms with Gasteiger partial charge >= 0.3 is 0 Å². The summed E-state index contributed by atoms with van der Waals surface area (Å²) in [5.74, 6) is 0. The first kappa shape index (κ1) is 15.5. The molecule has 2 N–H and O–H groups in total. The summed E-state index contributed by atoms with van der Waals surface area (Å²) in [6, 6.07) is 0.0505. The van der Waals surface area contributed by atoms with Crippen LogP contribution in [0.4, 0.5) is 0 Å². The summed E-state index contributed by atoms with van der Waals surface area (Å²) < 4.78 is 8.25. The van der Waals surface area contributed by atoms with Crippen molar-refractivity contribution in [3.8, 4) is 0 Å². The van der Waals surface area contributed by atoms with E-state index in [1.54, 1.807) is 0 Å². The normalized spacial score (nSPS) is 23.2. The number of rotatable bonds is 5. The van der Waals surface area contributed by atoms with Crippen LogP contribution in [0.2, 0.25) is 0 Å². The summed E-state index contributed by atoms with van der Waals surface area (Å²) in [7, 11) is 0. The molecule has 1 aromatic rings. The second-order valence-electron chi connectivity index (χ2n) is 6.52. The molecule has 2 heterocycles. The lowest BCUT2D eigenvalue weighted by Gasteiger charge is -2.20. The molecule has 0 bridgehead atoms. The van der Waals surface area contributed by atoms with Crippen molar-refractivity contribution in [3.63, 3.8) is 0 Å². The van der Waals surface area contributed by atoms with Crippen LogP contribution in [0.25, 0.3) is 0 Å². The van der Waals surface area contributed by atoms with E-state index in [1.165, 1.54) is 11.3 Å². The summed E-state index contributed by atoms with van der Waals surface area (Å²) in [4.78, 5) is 0. The maximum absolute atomic E-state index is 6.15. The van der Waals surface area contributed by atoms with Gasteiger partial charge in [0.15, 0.2) is 0 Å². The first-order valence-electron chi connectivity index (χ1n) is 7.89. The largest absolute Gasteiger partial charge is 0.370 e. The van der Waals surface area contributed by atoms with E-state index in [1.807, 2.05) is 0 Å². The van der Waals surface area contributed by atoms with E-state index < -0.39 is 0 Å². The number of ether oxygens (including phenoxy) is 1.